The van der Waals surface area contributed by atoms with Crippen LogP contribution in [-0.2, 0) is 22.6 Å². The molecule has 1 N–H and O–H groups in total. The molecule has 1 saturated carbocycles. The summed E-state index contributed by atoms with van der Waals surface area (Å²) in [5.74, 6) is -0.000695. The number of benzene rings is 2. The largest absolute Gasteiger partial charge is 0.361 e. The van der Waals surface area contributed by atoms with Crippen LogP contribution >= 0.6 is 0 Å². The first-order valence-electron chi connectivity index (χ1n) is 11.6. The Hall–Kier alpha value is -3.08. The third kappa shape index (κ3) is 5.21. The number of hydrogen-bond donors (Lipinski definition) is 1. The number of H-pyrrole nitrogens is 1. The van der Waals surface area contributed by atoms with Crippen LogP contribution in [0.1, 0.15) is 43.4 Å². The van der Waals surface area contributed by atoms with Crippen molar-refractivity contribution in [3.63, 3.8) is 0 Å². The zero-order valence-corrected chi connectivity index (χ0v) is 19.3. The number of fused-ring (bicyclic) bond motifs is 1. The van der Waals surface area contributed by atoms with Gasteiger partial charge in [0, 0.05) is 42.1 Å². The lowest BCUT2D eigenvalue weighted by molar-refractivity contribution is -0.143. The molecule has 0 saturated heterocycles. The molecule has 0 spiro atoms. The quantitative estimate of drug-likeness (QED) is 0.534. The van der Waals surface area contributed by atoms with Gasteiger partial charge < -0.3 is 14.8 Å². The highest BCUT2D eigenvalue weighted by Crippen LogP contribution is 2.28. The van der Waals surface area contributed by atoms with Gasteiger partial charge in [0.2, 0.25) is 11.8 Å². The number of hydrogen-bond acceptors (Lipinski definition) is 2. The fraction of sp³-hybridized carbons (Fsp3) is 0.407. The maximum Gasteiger partial charge on any atom is 0.242 e. The summed E-state index contributed by atoms with van der Waals surface area (Å²) in [6.45, 7) is 7.21. The molecule has 1 aromatic heterocycles. The van der Waals surface area contributed by atoms with Crippen molar-refractivity contribution in [2.45, 2.75) is 52.6 Å². The fourth-order valence-corrected chi connectivity index (χ4v) is 4.15. The first-order valence-corrected chi connectivity index (χ1v) is 11.6. The summed E-state index contributed by atoms with van der Waals surface area (Å²) in [7, 11) is 0. The zero-order chi connectivity index (χ0) is 22.7. The monoisotopic (exact) mass is 431 g/mol. The number of amides is 2. The van der Waals surface area contributed by atoms with Crippen LogP contribution in [0, 0.1) is 12.8 Å². The van der Waals surface area contributed by atoms with E-state index in [-0.39, 0.29) is 30.3 Å². The lowest BCUT2D eigenvalue weighted by Crippen LogP contribution is -2.45. The van der Waals surface area contributed by atoms with E-state index in [1.54, 1.807) is 4.90 Å². The summed E-state index contributed by atoms with van der Waals surface area (Å²) in [4.78, 5) is 33.2. The number of nitrogens with zero attached hydrogens (tertiary/aromatic N) is 2. The fourth-order valence-electron chi connectivity index (χ4n) is 4.15. The van der Waals surface area contributed by atoms with Crippen LogP contribution in [0.25, 0.3) is 10.9 Å². The van der Waals surface area contributed by atoms with Gasteiger partial charge in [-0.15, -0.1) is 0 Å². The molecule has 1 heterocycles. The highest BCUT2D eigenvalue weighted by atomic mass is 16.2. The molecule has 0 aliphatic heterocycles. The topological polar surface area (TPSA) is 56.4 Å². The lowest BCUT2D eigenvalue weighted by Gasteiger charge is -2.29. The number of aromatic amines is 1. The summed E-state index contributed by atoms with van der Waals surface area (Å²) < 4.78 is 0. The van der Waals surface area contributed by atoms with Crippen molar-refractivity contribution in [3.05, 3.63) is 71.4 Å². The van der Waals surface area contributed by atoms with Crippen molar-refractivity contribution in [2.75, 3.05) is 13.1 Å². The first-order chi connectivity index (χ1) is 15.4. The van der Waals surface area contributed by atoms with E-state index in [0.717, 1.165) is 30.3 Å². The van der Waals surface area contributed by atoms with E-state index in [0.29, 0.717) is 13.1 Å². The van der Waals surface area contributed by atoms with E-state index in [1.807, 2.05) is 37.1 Å². The molecule has 0 bridgehead atoms. The minimum absolute atomic E-state index is 0.0197. The van der Waals surface area contributed by atoms with Gasteiger partial charge in [0.25, 0.3) is 0 Å². The number of carbonyl (C=O) groups excluding carboxylic acids is 2. The van der Waals surface area contributed by atoms with Gasteiger partial charge in [-0.05, 0) is 43.4 Å². The maximum atomic E-state index is 13.4. The minimum Gasteiger partial charge on any atom is -0.361 e. The van der Waals surface area contributed by atoms with Crippen LogP contribution in [0.15, 0.2) is 54.7 Å². The average molecular weight is 432 g/mol. The molecule has 5 nitrogen and oxygen atoms in total. The van der Waals surface area contributed by atoms with E-state index in [2.05, 4.69) is 48.3 Å². The Kier molecular flexibility index (Phi) is 6.63. The second-order valence-electron chi connectivity index (χ2n) is 9.26. The van der Waals surface area contributed by atoms with E-state index in [4.69, 9.17) is 0 Å². The molecule has 2 amide bonds. The molecule has 3 aromatic rings. The third-order valence-corrected chi connectivity index (χ3v) is 6.24. The number of rotatable bonds is 9. The lowest BCUT2D eigenvalue weighted by atomic mass is 10.1. The van der Waals surface area contributed by atoms with Crippen LogP contribution in [0.3, 0.4) is 0 Å². The van der Waals surface area contributed by atoms with Gasteiger partial charge in [-0.2, -0.15) is 0 Å². The van der Waals surface area contributed by atoms with Crippen LogP contribution in [0.5, 0.6) is 0 Å². The van der Waals surface area contributed by atoms with Crippen LogP contribution < -0.4 is 0 Å². The molecule has 1 aliphatic carbocycles. The van der Waals surface area contributed by atoms with Crippen LogP contribution in [-0.4, -0.2) is 45.7 Å². The summed E-state index contributed by atoms with van der Waals surface area (Å²) in [5, 5.41) is 1.20. The van der Waals surface area contributed by atoms with Gasteiger partial charge in [0.05, 0.1) is 0 Å². The minimum atomic E-state index is -0.0971. The maximum absolute atomic E-state index is 13.4. The summed E-state index contributed by atoms with van der Waals surface area (Å²) in [6, 6.07) is 16.8. The first kappa shape index (κ1) is 22.1. The van der Waals surface area contributed by atoms with Crippen LogP contribution in [0.4, 0.5) is 0 Å². The molecule has 4 rings (SSSR count). The Morgan fingerprint density at radius 3 is 2.47 bits per heavy atom. The van der Waals surface area contributed by atoms with E-state index in [9.17, 15) is 9.59 Å². The van der Waals surface area contributed by atoms with Crippen molar-refractivity contribution in [1.82, 2.24) is 14.8 Å². The van der Waals surface area contributed by atoms with E-state index < -0.39 is 0 Å². The SMILES string of the molecule is Cc1ccc(CN(CCc2c[nH]c3ccccc23)C(=O)CN(C(=O)C(C)C)C2CC2)cc1. The van der Waals surface area contributed by atoms with Gasteiger partial charge in [-0.25, -0.2) is 0 Å². The Morgan fingerprint density at radius 1 is 1.06 bits per heavy atom. The van der Waals surface area contributed by atoms with Crippen LogP contribution in [0.2, 0.25) is 0 Å². The second-order valence-corrected chi connectivity index (χ2v) is 9.26. The van der Waals surface area contributed by atoms with Crippen molar-refractivity contribution in [1.29, 1.82) is 0 Å². The summed E-state index contributed by atoms with van der Waals surface area (Å²) in [5.41, 5.74) is 4.63. The van der Waals surface area contributed by atoms with Crippen molar-refractivity contribution < 1.29 is 9.59 Å². The normalized spacial score (nSPS) is 13.5. The molecular formula is C27H33N3O2. The van der Waals surface area contributed by atoms with Crippen molar-refractivity contribution in [3.8, 4) is 0 Å². The van der Waals surface area contributed by atoms with E-state index >= 15 is 0 Å². The molecule has 168 valence electrons. The van der Waals surface area contributed by atoms with Gasteiger partial charge >= 0.3 is 0 Å². The molecule has 1 aliphatic rings. The number of carbonyl (C=O) groups is 2. The molecule has 1 fully saturated rings. The van der Waals surface area contributed by atoms with E-state index in [1.165, 1.54) is 16.5 Å². The molecule has 5 heteroatoms. The predicted octanol–water partition coefficient (Wildman–Crippen LogP) is 4.69. The predicted molar refractivity (Wildman–Crippen MR) is 128 cm³/mol. The van der Waals surface area contributed by atoms with Gasteiger partial charge in [0.15, 0.2) is 0 Å². The molecule has 2 aromatic carbocycles. The zero-order valence-electron chi connectivity index (χ0n) is 19.3. The summed E-state index contributed by atoms with van der Waals surface area (Å²) >= 11 is 0. The number of para-hydroxylation sites is 1. The Balaban J connectivity index is 1.51. The van der Waals surface area contributed by atoms with Gasteiger partial charge in [-0.3, -0.25) is 9.59 Å². The molecule has 0 radical (unpaired) electrons. The van der Waals surface area contributed by atoms with Gasteiger partial charge in [0.1, 0.15) is 6.54 Å². The van der Waals surface area contributed by atoms with Crippen molar-refractivity contribution >= 4 is 22.7 Å². The van der Waals surface area contributed by atoms with Crippen molar-refractivity contribution in [2.24, 2.45) is 5.92 Å². The Bertz CT molecular complexity index is 1080. The highest BCUT2D eigenvalue weighted by molar-refractivity contribution is 5.86. The Labute approximate surface area is 190 Å². The average Bonchev–Trinajstić information content (AvgIpc) is 3.55. The third-order valence-electron chi connectivity index (χ3n) is 6.24. The molecular weight excluding hydrogens is 398 g/mol. The second kappa shape index (κ2) is 9.60. The summed E-state index contributed by atoms with van der Waals surface area (Å²) in [6.07, 6.45) is 4.80. The number of aromatic nitrogens is 1. The number of nitrogens with one attached hydrogen (secondary N) is 1. The smallest absolute Gasteiger partial charge is 0.242 e. The van der Waals surface area contributed by atoms with Gasteiger partial charge in [-0.1, -0.05) is 61.9 Å². The number of aryl methyl sites for hydroxylation is 1. The molecule has 0 atom stereocenters. The highest BCUT2D eigenvalue weighted by Gasteiger charge is 2.35. The standard InChI is InChI=1S/C27H33N3O2/c1-19(2)27(32)30(23-12-13-23)18-26(31)29(17-21-10-8-20(3)9-11-21)15-14-22-16-28-25-7-5-4-6-24(22)25/h4-11,16,19,23,28H,12-15,17-18H2,1-3H3. The Morgan fingerprint density at radius 2 is 1.78 bits per heavy atom. The molecule has 32 heavy (non-hydrogen) atoms. The molecule has 0 unspecified atom stereocenters.